The van der Waals surface area contributed by atoms with Crippen LogP contribution in [0.5, 0.6) is 0 Å². The van der Waals surface area contributed by atoms with Gasteiger partial charge < -0.3 is 20.6 Å². The van der Waals surface area contributed by atoms with E-state index in [2.05, 4.69) is 28.2 Å². The molecule has 3 N–H and O–H groups in total. The Morgan fingerprint density at radius 2 is 1.95 bits per heavy atom. The van der Waals surface area contributed by atoms with Crippen LogP contribution in [0.1, 0.15) is 37.9 Å². The van der Waals surface area contributed by atoms with Crippen LogP contribution in [0.25, 0.3) is 10.4 Å². The number of hydrogen-bond donors (Lipinski definition) is 4. The summed E-state index contributed by atoms with van der Waals surface area (Å²) < 4.78 is 28.1. The number of amides is 3. The lowest BCUT2D eigenvalue weighted by Gasteiger charge is -2.35. The number of aliphatic hydroxyl groups excluding tert-OH is 1. The van der Waals surface area contributed by atoms with Crippen molar-refractivity contribution in [3.8, 4) is 10.4 Å². The lowest BCUT2D eigenvalue weighted by molar-refractivity contribution is -0.143. The van der Waals surface area contributed by atoms with Crippen molar-refractivity contribution < 1.29 is 28.3 Å². The molecule has 3 amide bonds. The van der Waals surface area contributed by atoms with E-state index < -0.39 is 59.0 Å². The van der Waals surface area contributed by atoms with Gasteiger partial charge in [0.05, 0.1) is 22.6 Å². The molecule has 1 aromatic heterocycles. The van der Waals surface area contributed by atoms with Gasteiger partial charge >= 0.3 is 0 Å². The zero-order chi connectivity index (χ0) is 27.1. The Morgan fingerprint density at radius 1 is 1.30 bits per heavy atom. The van der Waals surface area contributed by atoms with Crippen molar-refractivity contribution in [3.05, 3.63) is 41.0 Å². The van der Waals surface area contributed by atoms with Crippen molar-refractivity contribution in [2.45, 2.75) is 74.9 Å². The number of benzene rings is 1. The maximum absolute atomic E-state index is 15.0. The van der Waals surface area contributed by atoms with Gasteiger partial charge in [-0.05, 0) is 44.7 Å². The fraction of sp³-hybridized carbons (Fsp3) is 0.520. The summed E-state index contributed by atoms with van der Waals surface area (Å²) >= 11 is 5.90. The highest BCUT2D eigenvalue weighted by atomic mass is 32.1. The first-order valence-corrected chi connectivity index (χ1v) is 13.3. The Hall–Kier alpha value is -2.57. The molecule has 1 aliphatic heterocycles. The van der Waals surface area contributed by atoms with Crippen LogP contribution in [-0.2, 0) is 20.9 Å². The standard InChI is InChI=1S/C25H30F2N4O4S2/c1-13-19(37-12-29-13)15-6-4-14(5-7-15)10-28-21(33)18-17(26)16(32)11-31(18)22(34)20(24(2,3)36)30-23(35)25(27)8-9-25/h4-7,12,16-18,20,32,36H,8-11H2,1-3H3,(H,28,33)(H,30,35)/t16-,17-,18-,20?/m0/s1. The topological polar surface area (TPSA) is 112 Å². The van der Waals surface area contributed by atoms with E-state index in [1.54, 1.807) is 19.4 Å². The van der Waals surface area contributed by atoms with E-state index in [9.17, 15) is 28.3 Å². The minimum atomic E-state index is -2.03. The maximum atomic E-state index is 15.0. The van der Waals surface area contributed by atoms with E-state index in [1.807, 2.05) is 31.2 Å². The Morgan fingerprint density at radius 3 is 2.49 bits per heavy atom. The molecule has 200 valence electrons. The van der Waals surface area contributed by atoms with E-state index >= 15 is 0 Å². The number of rotatable bonds is 8. The second-order valence-corrected chi connectivity index (χ2v) is 12.2. The van der Waals surface area contributed by atoms with Gasteiger partial charge in [-0.15, -0.1) is 11.3 Å². The van der Waals surface area contributed by atoms with Crippen LogP contribution < -0.4 is 10.6 Å². The van der Waals surface area contributed by atoms with Crippen LogP contribution in [0.2, 0.25) is 0 Å². The predicted octanol–water partition coefficient (Wildman–Crippen LogP) is 2.34. The number of carbonyl (C=O) groups is 3. The molecule has 1 unspecified atom stereocenters. The Labute approximate surface area is 223 Å². The number of alkyl halides is 2. The molecule has 8 nitrogen and oxygen atoms in total. The fourth-order valence-corrected chi connectivity index (χ4v) is 5.25. The molecule has 0 radical (unpaired) electrons. The molecule has 2 aromatic rings. The lowest BCUT2D eigenvalue weighted by atomic mass is 10.00. The average molecular weight is 553 g/mol. The number of likely N-dealkylation sites (tertiary alicyclic amines) is 1. The number of carbonyl (C=O) groups excluding carboxylic acids is 3. The van der Waals surface area contributed by atoms with Crippen LogP contribution in [0, 0.1) is 6.92 Å². The van der Waals surface area contributed by atoms with Gasteiger partial charge in [0.2, 0.25) is 11.8 Å². The van der Waals surface area contributed by atoms with E-state index in [0.29, 0.717) is 0 Å². The first-order valence-electron chi connectivity index (χ1n) is 11.9. The molecule has 12 heteroatoms. The van der Waals surface area contributed by atoms with Gasteiger partial charge in [0.15, 0.2) is 11.8 Å². The normalized spacial score (nSPS) is 23.4. The Bertz CT molecular complexity index is 1180. The summed E-state index contributed by atoms with van der Waals surface area (Å²) in [5.41, 5.74) is 2.39. The third-order valence-corrected chi connectivity index (χ3v) is 7.93. The Balaban J connectivity index is 1.46. The van der Waals surface area contributed by atoms with Crippen molar-refractivity contribution in [2.24, 2.45) is 0 Å². The van der Waals surface area contributed by atoms with Gasteiger partial charge in [0.1, 0.15) is 18.2 Å². The summed E-state index contributed by atoms with van der Waals surface area (Å²) in [7, 11) is 0. The lowest BCUT2D eigenvalue weighted by Crippen LogP contribution is -2.61. The molecule has 4 atom stereocenters. The summed E-state index contributed by atoms with van der Waals surface area (Å²) in [6.07, 6.45) is -3.51. The molecule has 37 heavy (non-hydrogen) atoms. The average Bonchev–Trinajstić information content (AvgIpc) is 3.34. The molecule has 0 spiro atoms. The summed E-state index contributed by atoms with van der Waals surface area (Å²) in [6.45, 7) is 4.64. The maximum Gasteiger partial charge on any atom is 0.258 e. The highest BCUT2D eigenvalue weighted by molar-refractivity contribution is 7.81. The molecule has 1 saturated carbocycles. The number of aryl methyl sites for hydroxylation is 1. The molecule has 4 rings (SSSR count). The van der Waals surface area contributed by atoms with Crippen molar-refractivity contribution in [3.63, 3.8) is 0 Å². The van der Waals surface area contributed by atoms with Gasteiger partial charge in [-0.3, -0.25) is 14.4 Å². The summed E-state index contributed by atoms with van der Waals surface area (Å²) in [6, 6.07) is 4.49. The van der Waals surface area contributed by atoms with Crippen LogP contribution in [-0.4, -0.2) is 74.0 Å². The first kappa shape index (κ1) is 27.5. The van der Waals surface area contributed by atoms with E-state index in [0.717, 1.165) is 26.6 Å². The van der Waals surface area contributed by atoms with Crippen molar-refractivity contribution in [1.29, 1.82) is 0 Å². The summed E-state index contributed by atoms with van der Waals surface area (Å²) in [5.74, 6) is -2.55. The smallest absolute Gasteiger partial charge is 0.258 e. The zero-order valence-corrected chi connectivity index (χ0v) is 22.4. The fourth-order valence-electron chi connectivity index (χ4n) is 4.26. The van der Waals surface area contributed by atoms with E-state index in [4.69, 9.17) is 0 Å². The quantitative estimate of drug-likeness (QED) is 0.376. The van der Waals surface area contributed by atoms with Crippen LogP contribution in [0.15, 0.2) is 29.8 Å². The van der Waals surface area contributed by atoms with Crippen LogP contribution in [0.3, 0.4) is 0 Å². The van der Waals surface area contributed by atoms with Gasteiger partial charge in [0, 0.05) is 11.3 Å². The van der Waals surface area contributed by atoms with Crippen molar-refractivity contribution >= 4 is 41.7 Å². The molecule has 1 aromatic carbocycles. The number of β-amino-alcohol motifs (C(OH)–C–C–N with tert-alkyl or cyclic N) is 1. The number of aliphatic hydroxyl groups is 1. The number of halogens is 2. The third kappa shape index (κ3) is 5.80. The van der Waals surface area contributed by atoms with Crippen molar-refractivity contribution in [1.82, 2.24) is 20.5 Å². The number of nitrogens with zero attached hydrogens (tertiary/aromatic N) is 2. The van der Waals surface area contributed by atoms with Crippen LogP contribution >= 0.6 is 24.0 Å². The molecule has 2 heterocycles. The van der Waals surface area contributed by atoms with Gasteiger partial charge in [-0.1, -0.05) is 24.3 Å². The summed E-state index contributed by atoms with van der Waals surface area (Å²) in [4.78, 5) is 44.9. The number of nitrogens with one attached hydrogen (secondary N) is 2. The zero-order valence-electron chi connectivity index (χ0n) is 20.7. The monoisotopic (exact) mass is 552 g/mol. The summed E-state index contributed by atoms with van der Waals surface area (Å²) in [5, 5.41) is 15.2. The molecule has 1 saturated heterocycles. The molecule has 0 bridgehead atoms. The largest absolute Gasteiger partial charge is 0.388 e. The molecule has 1 aliphatic carbocycles. The van der Waals surface area contributed by atoms with E-state index in [1.165, 1.54) is 11.3 Å². The predicted molar refractivity (Wildman–Crippen MR) is 139 cm³/mol. The minimum Gasteiger partial charge on any atom is -0.388 e. The SMILES string of the molecule is Cc1ncsc1-c1ccc(CNC(=O)[C@@H]2[C@@H](F)[C@@H](O)CN2C(=O)C(NC(=O)C2(F)CC2)C(C)(C)S)cc1. The van der Waals surface area contributed by atoms with Gasteiger partial charge in [0.25, 0.3) is 5.91 Å². The number of aromatic nitrogens is 1. The number of hydrogen-bond acceptors (Lipinski definition) is 7. The number of thiol groups is 1. The molecule has 2 fully saturated rings. The highest BCUT2D eigenvalue weighted by Gasteiger charge is 2.55. The van der Waals surface area contributed by atoms with Crippen LogP contribution in [0.4, 0.5) is 8.78 Å². The molecule has 2 aliphatic rings. The third-order valence-electron chi connectivity index (χ3n) is 6.69. The van der Waals surface area contributed by atoms with E-state index in [-0.39, 0.29) is 19.4 Å². The first-order chi connectivity index (χ1) is 17.3. The molecular weight excluding hydrogens is 522 g/mol. The second kappa shape index (κ2) is 10.3. The second-order valence-electron chi connectivity index (χ2n) is 10.2. The van der Waals surface area contributed by atoms with Gasteiger partial charge in [-0.25, -0.2) is 13.8 Å². The molecular formula is C25H30F2N4O4S2. The number of thiazole rings is 1. The highest BCUT2D eigenvalue weighted by Crippen LogP contribution is 2.40. The Kier molecular flexibility index (Phi) is 7.64. The van der Waals surface area contributed by atoms with Crippen molar-refractivity contribution in [2.75, 3.05) is 6.54 Å². The van der Waals surface area contributed by atoms with Gasteiger partial charge in [-0.2, -0.15) is 12.6 Å². The minimum absolute atomic E-state index is 0.0531.